The third-order valence-electron chi connectivity index (χ3n) is 4.09. The summed E-state index contributed by atoms with van der Waals surface area (Å²) in [5.41, 5.74) is 0. The summed E-state index contributed by atoms with van der Waals surface area (Å²) in [4.78, 5) is 14.4. The predicted octanol–water partition coefficient (Wildman–Crippen LogP) is 1.63. The molecule has 0 radical (unpaired) electrons. The minimum atomic E-state index is 0.0976. The number of amides is 1. The lowest BCUT2D eigenvalue weighted by Crippen LogP contribution is -2.45. The maximum Gasteiger partial charge on any atom is 0.239 e. The van der Waals surface area contributed by atoms with Crippen molar-refractivity contribution in [3.8, 4) is 0 Å². The van der Waals surface area contributed by atoms with Crippen LogP contribution in [-0.4, -0.2) is 36.5 Å². The quantitative estimate of drug-likeness (QED) is 0.790. The first kappa shape index (κ1) is 11.9. The highest BCUT2D eigenvalue weighted by atomic mass is 16.2. The Kier molecular flexibility index (Phi) is 3.85. The van der Waals surface area contributed by atoms with Crippen molar-refractivity contribution in [1.82, 2.24) is 10.2 Å². The van der Waals surface area contributed by atoms with Crippen LogP contribution in [0.25, 0.3) is 0 Å². The summed E-state index contributed by atoms with van der Waals surface area (Å²) in [6.45, 7) is 7.39. The topological polar surface area (TPSA) is 32.3 Å². The summed E-state index contributed by atoms with van der Waals surface area (Å²) in [6, 6.07) is 0.0976. The van der Waals surface area contributed by atoms with E-state index in [0.29, 0.717) is 11.8 Å². The Morgan fingerprint density at radius 3 is 2.88 bits per heavy atom. The van der Waals surface area contributed by atoms with Gasteiger partial charge in [-0.3, -0.25) is 4.79 Å². The van der Waals surface area contributed by atoms with Crippen LogP contribution in [0.2, 0.25) is 0 Å². The highest BCUT2D eigenvalue weighted by Crippen LogP contribution is 2.24. The van der Waals surface area contributed by atoms with Crippen LogP contribution in [0.5, 0.6) is 0 Å². The lowest BCUT2D eigenvalue weighted by molar-refractivity contribution is -0.133. The molecule has 92 valence electrons. The molecule has 1 amide bonds. The van der Waals surface area contributed by atoms with Crippen molar-refractivity contribution >= 4 is 5.91 Å². The Bertz CT molecular complexity index is 254. The summed E-state index contributed by atoms with van der Waals surface area (Å²) < 4.78 is 0. The fraction of sp³-hybridized carbons (Fsp3) is 0.923. The van der Waals surface area contributed by atoms with Gasteiger partial charge in [-0.05, 0) is 37.6 Å². The van der Waals surface area contributed by atoms with E-state index < -0.39 is 0 Å². The van der Waals surface area contributed by atoms with Crippen molar-refractivity contribution in [2.24, 2.45) is 11.8 Å². The van der Waals surface area contributed by atoms with Crippen LogP contribution in [0.4, 0.5) is 0 Å². The van der Waals surface area contributed by atoms with E-state index >= 15 is 0 Å². The summed E-state index contributed by atoms with van der Waals surface area (Å²) in [5, 5.41) is 3.34. The van der Waals surface area contributed by atoms with Gasteiger partial charge in [-0.15, -0.1) is 0 Å². The zero-order chi connectivity index (χ0) is 11.5. The van der Waals surface area contributed by atoms with E-state index in [1.165, 1.54) is 19.3 Å². The average Bonchev–Trinajstić information content (AvgIpc) is 2.87. The third-order valence-corrected chi connectivity index (χ3v) is 4.09. The van der Waals surface area contributed by atoms with Crippen LogP contribution in [-0.2, 0) is 4.79 Å². The van der Waals surface area contributed by atoms with Crippen molar-refractivity contribution in [3.05, 3.63) is 0 Å². The van der Waals surface area contributed by atoms with Gasteiger partial charge in [0.15, 0.2) is 0 Å². The Balaban J connectivity index is 1.86. The van der Waals surface area contributed by atoms with Gasteiger partial charge in [0.1, 0.15) is 0 Å². The van der Waals surface area contributed by atoms with E-state index in [9.17, 15) is 4.79 Å². The largest absolute Gasteiger partial charge is 0.341 e. The first-order valence-electron chi connectivity index (χ1n) is 6.74. The maximum atomic E-state index is 12.3. The van der Waals surface area contributed by atoms with Crippen LogP contribution < -0.4 is 5.32 Å². The first-order chi connectivity index (χ1) is 7.72. The molecule has 1 N–H and O–H groups in total. The molecule has 3 atom stereocenters. The minimum Gasteiger partial charge on any atom is -0.341 e. The van der Waals surface area contributed by atoms with E-state index in [-0.39, 0.29) is 6.04 Å². The van der Waals surface area contributed by atoms with Crippen molar-refractivity contribution in [3.63, 3.8) is 0 Å². The van der Waals surface area contributed by atoms with Gasteiger partial charge in [-0.1, -0.05) is 20.3 Å². The molecule has 0 aromatic rings. The Labute approximate surface area is 98.6 Å². The number of hydrogen-bond acceptors (Lipinski definition) is 2. The molecule has 3 heteroatoms. The zero-order valence-corrected chi connectivity index (χ0v) is 10.5. The number of nitrogens with one attached hydrogen (secondary N) is 1. The molecule has 0 aromatic carbocycles. The standard InChI is InChI=1S/C13H24N2O/c1-3-4-11-6-8-15(9-11)13(16)12-10(2)5-7-14-12/h10-12,14H,3-9H2,1-2H3. The normalized spacial score (nSPS) is 34.6. The lowest BCUT2D eigenvalue weighted by atomic mass is 10.0. The first-order valence-corrected chi connectivity index (χ1v) is 6.74. The molecular weight excluding hydrogens is 200 g/mol. The summed E-state index contributed by atoms with van der Waals surface area (Å²) in [5.74, 6) is 1.62. The molecule has 16 heavy (non-hydrogen) atoms. The molecule has 2 aliphatic heterocycles. The van der Waals surface area contributed by atoms with Crippen LogP contribution >= 0.6 is 0 Å². The molecule has 2 aliphatic rings. The van der Waals surface area contributed by atoms with E-state index in [1.807, 2.05) is 0 Å². The van der Waals surface area contributed by atoms with Gasteiger partial charge in [0.2, 0.25) is 5.91 Å². The van der Waals surface area contributed by atoms with Crippen molar-refractivity contribution in [1.29, 1.82) is 0 Å². The van der Waals surface area contributed by atoms with Gasteiger partial charge in [0.25, 0.3) is 0 Å². The molecule has 0 saturated carbocycles. The number of rotatable bonds is 3. The molecule has 2 fully saturated rings. The Hall–Kier alpha value is -0.570. The number of likely N-dealkylation sites (tertiary alicyclic amines) is 1. The lowest BCUT2D eigenvalue weighted by Gasteiger charge is -2.23. The smallest absolute Gasteiger partial charge is 0.239 e. The molecule has 2 rings (SSSR count). The van der Waals surface area contributed by atoms with Crippen molar-refractivity contribution < 1.29 is 4.79 Å². The number of nitrogens with zero attached hydrogens (tertiary/aromatic N) is 1. The second-order valence-electron chi connectivity index (χ2n) is 5.43. The second-order valence-corrected chi connectivity index (χ2v) is 5.43. The van der Waals surface area contributed by atoms with Crippen molar-refractivity contribution in [2.45, 2.75) is 45.6 Å². The highest BCUT2D eigenvalue weighted by molar-refractivity contribution is 5.82. The van der Waals surface area contributed by atoms with E-state index in [0.717, 1.165) is 32.0 Å². The Morgan fingerprint density at radius 1 is 1.44 bits per heavy atom. The monoisotopic (exact) mass is 224 g/mol. The summed E-state index contributed by atoms with van der Waals surface area (Å²) >= 11 is 0. The van der Waals surface area contributed by atoms with Gasteiger partial charge >= 0.3 is 0 Å². The van der Waals surface area contributed by atoms with Gasteiger partial charge < -0.3 is 10.2 Å². The molecular formula is C13H24N2O. The third kappa shape index (κ3) is 2.40. The average molecular weight is 224 g/mol. The molecule has 2 heterocycles. The zero-order valence-electron chi connectivity index (χ0n) is 10.5. The molecule has 0 bridgehead atoms. The predicted molar refractivity (Wildman–Crippen MR) is 65.2 cm³/mol. The van der Waals surface area contributed by atoms with Crippen LogP contribution in [0.1, 0.15) is 39.5 Å². The summed E-state index contributed by atoms with van der Waals surface area (Å²) in [7, 11) is 0. The van der Waals surface area contributed by atoms with E-state index in [1.54, 1.807) is 0 Å². The van der Waals surface area contributed by atoms with Gasteiger partial charge in [-0.2, -0.15) is 0 Å². The molecule has 3 nitrogen and oxygen atoms in total. The maximum absolute atomic E-state index is 12.3. The minimum absolute atomic E-state index is 0.0976. The van der Waals surface area contributed by atoms with Gasteiger partial charge in [-0.25, -0.2) is 0 Å². The fourth-order valence-corrected chi connectivity index (χ4v) is 3.04. The number of hydrogen-bond donors (Lipinski definition) is 1. The van der Waals surface area contributed by atoms with Crippen molar-refractivity contribution in [2.75, 3.05) is 19.6 Å². The molecule has 2 saturated heterocycles. The SMILES string of the molecule is CCCC1CCN(C(=O)C2NCCC2C)C1. The summed E-state index contributed by atoms with van der Waals surface area (Å²) in [6.07, 6.45) is 4.87. The van der Waals surface area contributed by atoms with E-state index in [4.69, 9.17) is 0 Å². The number of carbonyl (C=O) groups is 1. The van der Waals surface area contributed by atoms with E-state index in [2.05, 4.69) is 24.1 Å². The van der Waals surface area contributed by atoms with Crippen LogP contribution in [0.15, 0.2) is 0 Å². The molecule has 0 aliphatic carbocycles. The molecule has 0 aromatic heterocycles. The second kappa shape index (κ2) is 5.17. The Morgan fingerprint density at radius 2 is 2.25 bits per heavy atom. The van der Waals surface area contributed by atoms with Gasteiger partial charge in [0, 0.05) is 13.1 Å². The number of carbonyl (C=O) groups excluding carboxylic acids is 1. The fourth-order valence-electron chi connectivity index (χ4n) is 3.04. The van der Waals surface area contributed by atoms with Gasteiger partial charge in [0.05, 0.1) is 6.04 Å². The molecule has 3 unspecified atom stereocenters. The highest BCUT2D eigenvalue weighted by Gasteiger charge is 2.35. The van der Waals surface area contributed by atoms with Crippen LogP contribution in [0, 0.1) is 11.8 Å². The molecule has 0 spiro atoms. The van der Waals surface area contributed by atoms with Crippen LogP contribution in [0.3, 0.4) is 0 Å².